The molecule has 0 spiro atoms. The van der Waals surface area contributed by atoms with Crippen LogP contribution >= 0.6 is 0 Å². The standard InChI is InChI=1S/C23H20N4O3/c1-15(28)26-18-10-8-17(9-11-18)21-19-12-20(27(2)22(19)25-14-24-21)23(29)30-13-16-6-4-3-5-7-16/h3-12,14H,13H2,1-2H3,(H,26,28). The summed E-state index contributed by atoms with van der Waals surface area (Å²) in [6.45, 7) is 1.66. The highest BCUT2D eigenvalue weighted by molar-refractivity contribution is 5.99. The van der Waals surface area contributed by atoms with Gasteiger partial charge in [-0.1, -0.05) is 42.5 Å². The van der Waals surface area contributed by atoms with Crippen LogP contribution in [0.15, 0.2) is 67.0 Å². The highest BCUT2D eigenvalue weighted by Crippen LogP contribution is 2.28. The number of ether oxygens (including phenoxy) is 1. The Morgan fingerprint density at radius 3 is 2.47 bits per heavy atom. The van der Waals surface area contributed by atoms with E-state index >= 15 is 0 Å². The molecule has 7 nitrogen and oxygen atoms in total. The minimum Gasteiger partial charge on any atom is -0.456 e. The fourth-order valence-electron chi connectivity index (χ4n) is 3.27. The number of rotatable bonds is 5. The number of esters is 1. The number of anilines is 1. The number of amides is 1. The van der Waals surface area contributed by atoms with Gasteiger partial charge in [-0.2, -0.15) is 0 Å². The van der Waals surface area contributed by atoms with E-state index in [4.69, 9.17) is 4.74 Å². The van der Waals surface area contributed by atoms with Crippen LogP contribution in [0.2, 0.25) is 0 Å². The average Bonchev–Trinajstić information content (AvgIpc) is 3.10. The van der Waals surface area contributed by atoms with Gasteiger partial charge in [-0.05, 0) is 23.8 Å². The van der Waals surface area contributed by atoms with E-state index in [1.807, 2.05) is 54.6 Å². The molecule has 0 unspecified atom stereocenters. The zero-order valence-corrected chi connectivity index (χ0v) is 16.6. The van der Waals surface area contributed by atoms with Crippen LogP contribution in [0.4, 0.5) is 5.69 Å². The molecule has 0 bridgehead atoms. The van der Waals surface area contributed by atoms with Crippen molar-refractivity contribution in [3.63, 3.8) is 0 Å². The van der Waals surface area contributed by atoms with E-state index in [0.29, 0.717) is 22.7 Å². The topological polar surface area (TPSA) is 86.1 Å². The van der Waals surface area contributed by atoms with Gasteiger partial charge in [-0.15, -0.1) is 0 Å². The van der Waals surface area contributed by atoms with Crippen LogP contribution < -0.4 is 5.32 Å². The number of hydrogen-bond acceptors (Lipinski definition) is 5. The number of carbonyl (C=O) groups is 2. The molecule has 0 atom stereocenters. The molecule has 0 aliphatic carbocycles. The van der Waals surface area contributed by atoms with Crippen molar-refractivity contribution in [1.82, 2.24) is 14.5 Å². The Bertz CT molecular complexity index is 1210. The molecule has 2 aromatic carbocycles. The molecule has 0 saturated heterocycles. The molecule has 0 aliphatic rings. The summed E-state index contributed by atoms with van der Waals surface area (Å²) >= 11 is 0. The molecule has 4 rings (SSSR count). The summed E-state index contributed by atoms with van der Waals surface area (Å²) in [6.07, 6.45) is 1.47. The van der Waals surface area contributed by atoms with Crippen molar-refractivity contribution >= 4 is 28.6 Å². The van der Waals surface area contributed by atoms with Crippen LogP contribution in [0.25, 0.3) is 22.3 Å². The predicted molar refractivity (Wildman–Crippen MR) is 114 cm³/mol. The maximum atomic E-state index is 12.7. The van der Waals surface area contributed by atoms with Gasteiger partial charge in [0.25, 0.3) is 0 Å². The van der Waals surface area contributed by atoms with Crippen LogP contribution in [-0.4, -0.2) is 26.4 Å². The summed E-state index contributed by atoms with van der Waals surface area (Å²) in [5.41, 5.74) is 4.22. The van der Waals surface area contributed by atoms with Gasteiger partial charge in [0.15, 0.2) is 0 Å². The van der Waals surface area contributed by atoms with Crippen LogP contribution in [0.1, 0.15) is 23.0 Å². The lowest BCUT2D eigenvalue weighted by Crippen LogP contribution is -2.10. The zero-order valence-electron chi connectivity index (χ0n) is 16.6. The van der Waals surface area contributed by atoms with Crippen molar-refractivity contribution in [1.29, 1.82) is 0 Å². The Morgan fingerprint density at radius 2 is 1.77 bits per heavy atom. The third kappa shape index (κ3) is 3.91. The number of carbonyl (C=O) groups excluding carboxylic acids is 2. The maximum absolute atomic E-state index is 12.7. The predicted octanol–water partition coefficient (Wildman–Crippen LogP) is 3.95. The summed E-state index contributed by atoms with van der Waals surface area (Å²) in [7, 11) is 1.78. The summed E-state index contributed by atoms with van der Waals surface area (Å²) in [5, 5.41) is 3.49. The van der Waals surface area contributed by atoms with Gasteiger partial charge >= 0.3 is 5.97 Å². The summed E-state index contributed by atoms with van der Waals surface area (Å²) in [5.74, 6) is -0.555. The summed E-state index contributed by atoms with van der Waals surface area (Å²) < 4.78 is 7.18. The minimum atomic E-state index is -0.425. The van der Waals surface area contributed by atoms with Gasteiger partial charge in [-0.25, -0.2) is 14.8 Å². The van der Waals surface area contributed by atoms with E-state index in [-0.39, 0.29) is 12.5 Å². The van der Waals surface area contributed by atoms with Gasteiger partial charge in [0.05, 0.1) is 5.69 Å². The minimum absolute atomic E-state index is 0.131. The van der Waals surface area contributed by atoms with E-state index in [2.05, 4.69) is 15.3 Å². The van der Waals surface area contributed by atoms with Crippen LogP contribution in [0.5, 0.6) is 0 Å². The Balaban J connectivity index is 1.64. The number of benzene rings is 2. The van der Waals surface area contributed by atoms with Crippen molar-refractivity contribution in [2.45, 2.75) is 13.5 Å². The smallest absolute Gasteiger partial charge is 0.355 e. The Hall–Kier alpha value is -4.00. The van der Waals surface area contributed by atoms with Crippen LogP contribution in [-0.2, 0) is 23.2 Å². The first kappa shape index (κ1) is 19.3. The molecule has 0 saturated carbocycles. The SMILES string of the molecule is CC(=O)Nc1ccc(-c2ncnc3c2cc(C(=O)OCc2ccccc2)n3C)cc1. The number of nitrogens with one attached hydrogen (secondary N) is 1. The second-order valence-electron chi connectivity index (χ2n) is 6.87. The molecule has 0 fully saturated rings. The van der Waals surface area contributed by atoms with Crippen LogP contribution in [0, 0.1) is 0 Å². The molecule has 1 N–H and O–H groups in total. The Labute approximate surface area is 173 Å². The van der Waals surface area contributed by atoms with Crippen LogP contribution in [0.3, 0.4) is 0 Å². The quantitative estimate of drug-likeness (QED) is 0.513. The van der Waals surface area contributed by atoms with Gasteiger partial charge < -0.3 is 14.6 Å². The molecule has 1 amide bonds. The lowest BCUT2D eigenvalue weighted by atomic mass is 10.1. The molecule has 0 radical (unpaired) electrons. The van der Waals surface area contributed by atoms with Crippen molar-refractivity contribution in [3.05, 3.63) is 78.2 Å². The Morgan fingerprint density at radius 1 is 1.03 bits per heavy atom. The number of aryl methyl sites for hydroxylation is 1. The van der Waals surface area contributed by atoms with Crippen molar-refractivity contribution < 1.29 is 14.3 Å². The molecule has 150 valence electrons. The van der Waals surface area contributed by atoms with E-state index in [1.54, 1.807) is 17.7 Å². The fourth-order valence-corrected chi connectivity index (χ4v) is 3.27. The van der Waals surface area contributed by atoms with E-state index in [0.717, 1.165) is 16.5 Å². The Kier molecular flexibility index (Phi) is 5.26. The first-order valence-corrected chi connectivity index (χ1v) is 9.42. The average molecular weight is 400 g/mol. The van der Waals surface area contributed by atoms with Gasteiger partial charge in [0.1, 0.15) is 24.3 Å². The van der Waals surface area contributed by atoms with Gasteiger partial charge in [0, 0.05) is 30.6 Å². The van der Waals surface area contributed by atoms with E-state index < -0.39 is 5.97 Å². The first-order valence-electron chi connectivity index (χ1n) is 9.42. The van der Waals surface area contributed by atoms with Crippen molar-refractivity contribution in [3.8, 4) is 11.3 Å². The fraction of sp³-hybridized carbons (Fsp3) is 0.130. The second-order valence-corrected chi connectivity index (χ2v) is 6.87. The van der Waals surface area contributed by atoms with Crippen molar-refractivity contribution in [2.24, 2.45) is 7.05 Å². The third-order valence-corrected chi connectivity index (χ3v) is 4.72. The highest BCUT2D eigenvalue weighted by atomic mass is 16.5. The third-order valence-electron chi connectivity index (χ3n) is 4.72. The monoisotopic (exact) mass is 400 g/mol. The summed E-state index contributed by atoms with van der Waals surface area (Å²) in [6, 6.07) is 18.6. The largest absolute Gasteiger partial charge is 0.456 e. The molecule has 2 aromatic heterocycles. The molecule has 4 aromatic rings. The van der Waals surface area contributed by atoms with E-state index in [9.17, 15) is 9.59 Å². The van der Waals surface area contributed by atoms with Gasteiger partial charge in [-0.3, -0.25) is 4.79 Å². The molecular formula is C23H20N4O3. The second kappa shape index (κ2) is 8.16. The lowest BCUT2D eigenvalue weighted by molar-refractivity contribution is -0.114. The number of hydrogen-bond donors (Lipinski definition) is 1. The van der Waals surface area contributed by atoms with Crippen molar-refractivity contribution in [2.75, 3.05) is 5.32 Å². The lowest BCUT2D eigenvalue weighted by Gasteiger charge is -2.06. The highest BCUT2D eigenvalue weighted by Gasteiger charge is 2.19. The normalized spacial score (nSPS) is 10.7. The maximum Gasteiger partial charge on any atom is 0.355 e. The molecule has 7 heteroatoms. The number of aromatic nitrogens is 3. The zero-order chi connectivity index (χ0) is 21.1. The van der Waals surface area contributed by atoms with E-state index in [1.165, 1.54) is 13.3 Å². The van der Waals surface area contributed by atoms with Gasteiger partial charge in [0.2, 0.25) is 5.91 Å². The summed E-state index contributed by atoms with van der Waals surface area (Å²) in [4.78, 5) is 32.6. The number of fused-ring (bicyclic) bond motifs is 1. The molecular weight excluding hydrogens is 380 g/mol. The molecule has 30 heavy (non-hydrogen) atoms. The first-order chi connectivity index (χ1) is 14.5. The molecule has 2 heterocycles. The number of nitrogens with zero attached hydrogens (tertiary/aromatic N) is 3. The molecule has 0 aliphatic heterocycles.